The van der Waals surface area contributed by atoms with Crippen LogP contribution >= 0.6 is 35.6 Å². The summed E-state index contributed by atoms with van der Waals surface area (Å²) >= 11 is 11.7. The highest BCUT2D eigenvalue weighted by Gasteiger charge is 2.80. The molecule has 6 heteroatoms. The Morgan fingerprint density at radius 1 is 1.22 bits per heavy atom. The minimum Gasteiger partial charge on any atom is -0.316 e. The molecule has 1 N–H and O–H groups in total. The van der Waals surface area contributed by atoms with Gasteiger partial charge in [0.25, 0.3) is 5.92 Å². The van der Waals surface area contributed by atoms with Crippen molar-refractivity contribution in [1.82, 2.24) is 5.32 Å². The van der Waals surface area contributed by atoms with Crippen LogP contribution in [-0.4, -0.2) is 19.0 Å². The summed E-state index contributed by atoms with van der Waals surface area (Å²) in [6, 6.07) is 4.83. The second-order valence-electron chi connectivity index (χ2n) is 4.74. The lowest BCUT2D eigenvalue weighted by molar-refractivity contribution is 0.0787. The maximum atomic E-state index is 14.0. The lowest BCUT2D eigenvalue weighted by Gasteiger charge is -2.22. The van der Waals surface area contributed by atoms with Crippen molar-refractivity contribution in [3.63, 3.8) is 0 Å². The van der Waals surface area contributed by atoms with Gasteiger partial charge in [0.05, 0.1) is 15.5 Å². The van der Waals surface area contributed by atoms with Crippen molar-refractivity contribution in [2.75, 3.05) is 13.1 Å². The summed E-state index contributed by atoms with van der Waals surface area (Å²) in [6.07, 6.45) is 0.507. The van der Waals surface area contributed by atoms with E-state index in [1.807, 2.05) is 0 Å². The van der Waals surface area contributed by atoms with Gasteiger partial charge in [-0.05, 0) is 30.7 Å². The molecular weight excluding hydrogens is 302 g/mol. The monoisotopic (exact) mass is 313 g/mol. The second-order valence-corrected chi connectivity index (χ2v) is 5.56. The number of hydrogen-bond donors (Lipinski definition) is 1. The third kappa shape index (κ3) is 1.68. The topological polar surface area (TPSA) is 12.0 Å². The molecule has 2 fully saturated rings. The first-order chi connectivity index (χ1) is 8.00. The van der Waals surface area contributed by atoms with E-state index in [2.05, 4.69) is 5.32 Å². The molecule has 1 aliphatic heterocycles. The number of hydrogen-bond acceptors (Lipinski definition) is 1. The molecule has 0 aromatic heterocycles. The zero-order valence-electron chi connectivity index (χ0n) is 9.35. The van der Waals surface area contributed by atoms with Crippen LogP contribution in [0.25, 0.3) is 0 Å². The number of alkyl halides is 2. The highest BCUT2D eigenvalue weighted by molar-refractivity contribution is 6.42. The third-order valence-electron chi connectivity index (χ3n) is 3.99. The fraction of sp³-hybridized carbons (Fsp3) is 0.500. The lowest BCUT2D eigenvalue weighted by atomic mass is 9.90. The summed E-state index contributed by atoms with van der Waals surface area (Å²) in [7, 11) is 0. The van der Waals surface area contributed by atoms with Crippen molar-refractivity contribution in [3.8, 4) is 0 Å². The minimum atomic E-state index is -2.63. The fourth-order valence-electron chi connectivity index (χ4n) is 3.00. The van der Waals surface area contributed by atoms with Gasteiger partial charge in [0.1, 0.15) is 0 Å². The summed E-state index contributed by atoms with van der Waals surface area (Å²) in [5, 5.41) is 3.79. The Bertz CT molecular complexity index is 480. The van der Waals surface area contributed by atoms with Gasteiger partial charge in [0.2, 0.25) is 0 Å². The van der Waals surface area contributed by atoms with Gasteiger partial charge in [0, 0.05) is 12.5 Å². The van der Waals surface area contributed by atoms with E-state index < -0.39 is 17.3 Å². The summed E-state index contributed by atoms with van der Waals surface area (Å²) in [6.45, 7) is 0.964. The first-order valence-electron chi connectivity index (χ1n) is 5.54. The molecular formula is C12H12Cl3F2N. The summed E-state index contributed by atoms with van der Waals surface area (Å²) in [5.41, 5.74) is -0.478. The molecule has 0 radical (unpaired) electrons. The quantitative estimate of drug-likeness (QED) is 0.828. The molecule has 3 rings (SSSR count). The summed E-state index contributed by atoms with van der Waals surface area (Å²) < 4.78 is 27.9. The molecule has 18 heavy (non-hydrogen) atoms. The van der Waals surface area contributed by atoms with Crippen LogP contribution in [0.15, 0.2) is 18.2 Å². The van der Waals surface area contributed by atoms with Crippen LogP contribution in [0.4, 0.5) is 8.78 Å². The van der Waals surface area contributed by atoms with Crippen LogP contribution in [0.2, 0.25) is 10.0 Å². The fourth-order valence-corrected chi connectivity index (χ4v) is 3.30. The highest BCUT2D eigenvalue weighted by atomic mass is 35.5. The number of piperidine rings is 1. The molecule has 2 unspecified atom stereocenters. The van der Waals surface area contributed by atoms with Gasteiger partial charge in [-0.2, -0.15) is 0 Å². The van der Waals surface area contributed by atoms with Crippen molar-refractivity contribution in [2.24, 2.45) is 5.92 Å². The van der Waals surface area contributed by atoms with Crippen molar-refractivity contribution in [1.29, 1.82) is 0 Å². The molecule has 2 aliphatic rings. The Kier molecular flexibility index (Phi) is 3.56. The average Bonchev–Trinajstić information content (AvgIpc) is 2.82. The van der Waals surface area contributed by atoms with E-state index in [1.54, 1.807) is 18.2 Å². The van der Waals surface area contributed by atoms with Crippen molar-refractivity contribution < 1.29 is 8.78 Å². The molecule has 1 aromatic rings. The van der Waals surface area contributed by atoms with Gasteiger partial charge in [-0.3, -0.25) is 0 Å². The number of nitrogens with one attached hydrogen (secondary N) is 1. The SMILES string of the molecule is Cl.FC1(F)C2CCNCC21c1ccc(Cl)c(Cl)c1. The van der Waals surface area contributed by atoms with E-state index in [-0.39, 0.29) is 12.4 Å². The normalized spacial score (nSPS) is 32.3. The van der Waals surface area contributed by atoms with Crippen LogP contribution in [0.5, 0.6) is 0 Å². The van der Waals surface area contributed by atoms with E-state index in [9.17, 15) is 8.78 Å². The van der Waals surface area contributed by atoms with Gasteiger partial charge < -0.3 is 5.32 Å². The molecule has 1 saturated carbocycles. The smallest absolute Gasteiger partial charge is 0.263 e. The van der Waals surface area contributed by atoms with Gasteiger partial charge >= 0.3 is 0 Å². The maximum absolute atomic E-state index is 14.0. The first kappa shape index (κ1) is 14.3. The molecule has 1 heterocycles. The molecule has 0 bridgehead atoms. The second kappa shape index (κ2) is 4.48. The largest absolute Gasteiger partial charge is 0.316 e. The van der Waals surface area contributed by atoms with Gasteiger partial charge in [-0.1, -0.05) is 29.3 Å². The Balaban J connectivity index is 0.00000120. The van der Waals surface area contributed by atoms with Gasteiger partial charge in [-0.15, -0.1) is 12.4 Å². The minimum absolute atomic E-state index is 0. The van der Waals surface area contributed by atoms with Crippen LogP contribution in [-0.2, 0) is 5.41 Å². The van der Waals surface area contributed by atoms with Crippen LogP contribution in [0, 0.1) is 5.92 Å². The molecule has 1 nitrogen and oxygen atoms in total. The molecule has 100 valence electrons. The van der Waals surface area contributed by atoms with Crippen LogP contribution in [0.1, 0.15) is 12.0 Å². The highest BCUT2D eigenvalue weighted by Crippen LogP contribution is 2.68. The molecule has 1 saturated heterocycles. The predicted molar refractivity (Wildman–Crippen MR) is 71.3 cm³/mol. The number of rotatable bonds is 1. The van der Waals surface area contributed by atoms with E-state index >= 15 is 0 Å². The Morgan fingerprint density at radius 3 is 2.56 bits per heavy atom. The van der Waals surface area contributed by atoms with E-state index in [4.69, 9.17) is 23.2 Å². The van der Waals surface area contributed by atoms with Crippen molar-refractivity contribution in [3.05, 3.63) is 33.8 Å². The summed E-state index contributed by atoms with van der Waals surface area (Å²) in [4.78, 5) is 0. The molecule has 2 atom stereocenters. The van der Waals surface area contributed by atoms with E-state index in [0.29, 0.717) is 35.1 Å². The first-order valence-corrected chi connectivity index (χ1v) is 6.30. The Morgan fingerprint density at radius 2 is 1.94 bits per heavy atom. The number of halogens is 5. The Hall–Kier alpha value is -0.0900. The van der Waals surface area contributed by atoms with E-state index in [0.717, 1.165) is 0 Å². The zero-order valence-corrected chi connectivity index (χ0v) is 11.7. The predicted octanol–water partition coefficient (Wildman–Crippen LogP) is 3.91. The van der Waals surface area contributed by atoms with Gasteiger partial charge in [-0.25, -0.2) is 8.78 Å². The standard InChI is InChI=1S/C12H11Cl2F2N.ClH/c13-8-2-1-7(5-9(8)14)11-6-17-4-3-10(11)12(11,15)16;/h1-2,5,10,17H,3-4,6H2;1H. The van der Waals surface area contributed by atoms with Crippen molar-refractivity contribution >= 4 is 35.6 Å². The molecule has 0 amide bonds. The molecule has 1 aliphatic carbocycles. The number of benzene rings is 1. The number of fused-ring (bicyclic) bond motifs is 1. The van der Waals surface area contributed by atoms with Crippen LogP contribution < -0.4 is 5.32 Å². The Labute approximate surface area is 120 Å². The van der Waals surface area contributed by atoms with E-state index in [1.165, 1.54) is 0 Å². The van der Waals surface area contributed by atoms with Crippen molar-refractivity contribution in [2.45, 2.75) is 17.8 Å². The molecule has 1 aromatic carbocycles. The molecule has 0 spiro atoms. The maximum Gasteiger partial charge on any atom is 0.263 e. The zero-order chi connectivity index (χ0) is 12.3. The summed E-state index contributed by atoms with van der Waals surface area (Å²) in [5.74, 6) is -3.19. The average molecular weight is 315 g/mol. The third-order valence-corrected chi connectivity index (χ3v) is 4.73. The lowest BCUT2D eigenvalue weighted by Crippen LogP contribution is -2.35. The van der Waals surface area contributed by atoms with Crippen LogP contribution in [0.3, 0.4) is 0 Å². The van der Waals surface area contributed by atoms with Gasteiger partial charge in [0.15, 0.2) is 0 Å².